The van der Waals surface area contributed by atoms with Gasteiger partial charge >= 0.3 is 0 Å². The Morgan fingerprint density at radius 1 is 1.14 bits per heavy atom. The smallest absolute Gasteiger partial charge is 0.217 e. The van der Waals surface area contributed by atoms with Crippen LogP contribution in [0.2, 0.25) is 0 Å². The summed E-state index contributed by atoms with van der Waals surface area (Å²) in [5.41, 5.74) is 8.28. The Labute approximate surface area is 132 Å². The maximum absolute atomic E-state index is 11.6. The van der Waals surface area contributed by atoms with E-state index in [2.05, 4.69) is 17.4 Å². The summed E-state index contributed by atoms with van der Waals surface area (Å²) in [6.07, 6.45) is 0.719. The normalized spacial score (nSPS) is 12.9. The molecular formula is C17H21ClN2O. The lowest BCUT2D eigenvalue weighted by Gasteiger charge is -2.31. The number of benzene rings is 2. The number of halogens is 1. The Morgan fingerprint density at radius 2 is 1.81 bits per heavy atom. The monoisotopic (exact) mass is 304 g/mol. The van der Waals surface area contributed by atoms with Crippen molar-refractivity contribution in [2.75, 3.05) is 5.73 Å². The molecule has 112 valence electrons. The van der Waals surface area contributed by atoms with Crippen molar-refractivity contribution in [3.05, 3.63) is 65.7 Å². The van der Waals surface area contributed by atoms with Crippen LogP contribution in [0, 0.1) is 0 Å². The Kier molecular flexibility index (Phi) is 5.79. The van der Waals surface area contributed by atoms with E-state index in [-0.39, 0.29) is 18.3 Å². The molecule has 0 aromatic heterocycles. The quantitative estimate of drug-likeness (QED) is 0.852. The molecule has 0 saturated carbocycles. The molecule has 2 aromatic rings. The Bertz CT molecular complexity index is 601. The Balaban J connectivity index is 0.00000220. The van der Waals surface area contributed by atoms with Gasteiger partial charge < -0.3 is 11.1 Å². The molecule has 4 heteroatoms. The van der Waals surface area contributed by atoms with Crippen molar-refractivity contribution in [3.8, 4) is 0 Å². The topological polar surface area (TPSA) is 55.1 Å². The molecule has 21 heavy (non-hydrogen) atoms. The molecule has 3 N–H and O–H groups in total. The predicted octanol–water partition coefficient (Wildman–Crippen LogP) is 3.28. The molecule has 1 amide bonds. The molecule has 0 spiro atoms. The number of rotatable bonds is 4. The second-order valence-corrected chi connectivity index (χ2v) is 5.30. The van der Waals surface area contributed by atoms with Crippen molar-refractivity contribution in [2.45, 2.75) is 25.8 Å². The molecule has 0 radical (unpaired) electrons. The zero-order valence-corrected chi connectivity index (χ0v) is 13.1. The van der Waals surface area contributed by atoms with Gasteiger partial charge in [-0.05, 0) is 36.6 Å². The lowest BCUT2D eigenvalue weighted by molar-refractivity contribution is -0.120. The molecular weight excluding hydrogens is 284 g/mol. The number of hydrogen-bond donors (Lipinski definition) is 2. The summed E-state index contributed by atoms with van der Waals surface area (Å²) in [6.45, 7) is 3.56. The summed E-state index contributed by atoms with van der Waals surface area (Å²) < 4.78 is 0. The van der Waals surface area contributed by atoms with Gasteiger partial charge in [-0.15, -0.1) is 12.4 Å². The van der Waals surface area contributed by atoms with E-state index < -0.39 is 5.54 Å². The Morgan fingerprint density at radius 3 is 2.38 bits per heavy atom. The van der Waals surface area contributed by atoms with Crippen molar-refractivity contribution < 1.29 is 4.79 Å². The number of carbonyl (C=O) groups is 1. The maximum Gasteiger partial charge on any atom is 0.217 e. The fraction of sp³-hybridized carbons (Fsp3) is 0.235. The summed E-state index contributed by atoms with van der Waals surface area (Å²) in [7, 11) is 0. The standard InChI is InChI=1S/C17H20N2O.ClH/c1-13(20)19-17(2,12-14-7-4-3-5-8-14)15-9-6-10-16(18)11-15;/h3-11H,12,18H2,1-2H3,(H,19,20);1H. The molecule has 2 aromatic carbocycles. The highest BCUT2D eigenvalue weighted by Gasteiger charge is 2.28. The van der Waals surface area contributed by atoms with Crippen LogP contribution >= 0.6 is 12.4 Å². The van der Waals surface area contributed by atoms with Gasteiger partial charge in [-0.2, -0.15) is 0 Å². The third-order valence-electron chi connectivity index (χ3n) is 3.38. The minimum Gasteiger partial charge on any atom is -0.399 e. The van der Waals surface area contributed by atoms with E-state index in [0.717, 1.165) is 12.0 Å². The van der Waals surface area contributed by atoms with Crippen LogP contribution < -0.4 is 11.1 Å². The molecule has 3 nitrogen and oxygen atoms in total. The molecule has 0 aliphatic heterocycles. The average Bonchev–Trinajstić information content (AvgIpc) is 2.39. The minimum atomic E-state index is -0.470. The summed E-state index contributed by atoms with van der Waals surface area (Å²) in [4.78, 5) is 11.6. The largest absolute Gasteiger partial charge is 0.399 e. The van der Waals surface area contributed by atoms with Crippen LogP contribution in [0.1, 0.15) is 25.0 Å². The molecule has 1 unspecified atom stereocenters. The first-order valence-electron chi connectivity index (χ1n) is 6.68. The van der Waals surface area contributed by atoms with Crippen molar-refractivity contribution in [1.29, 1.82) is 0 Å². The SMILES string of the molecule is CC(=O)NC(C)(Cc1ccccc1)c1cccc(N)c1.Cl. The second-order valence-electron chi connectivity index (χ2n) is 5.30. The molecule has 1 atom stereocenters. The van der Waals surface area contributed by atoms with Crippen LogP contribution in [0.4, 0.5) is 5.69 Å². The first-order chi connectivity index (χ1) is 9.49. The molecule has 0 aliphatic carbocycles. The number of hydrogen-bond acceptors (Lipinski definition) is 2. The molecule has 0 heterocycles. The molecule has 0 bridgehead atoms. The fourth-order valence-corrected chi connectivity index (χ4v) is 2.49. The number of nitrogens with one attached hydrogen (secondary N) is 1. The van der Waals surface area contributed by atoms with E-state index in [1.54, 1.807) is 0 Å². The molecule has 0 saturated heterocycles. The van der Waals surface area contributed by atoms with Crippen molar-refractivity contribution in [2.24, 2.45) is 0 Å². The number of nitrogen functional groups attached to an aromatic ring is 1. The molecule has 0 aliphatic rings. The number of anilines is 1. The highest BCUT2D eigenvalue weighted by molar-refractivity contribution is 5.85. The molecule has 0 fully saturated rings. The summed E-state index contributed by atoms with van der Waals surface area (Å²) in [5, 5.41) is 3.05. The van der Waals surface area contributed by atoms with Gasteiger partial charge in [0.05, 0.1) is 5.54 Å². The van der Waals surface area contributed by atoms with E-state index in [9.17, 15) is 4.79 Å². The van der Waals surface area contributed by atoms with Gasteiger partial charge in [-0.3, -0.25) is 4.79 Å². The van der Waals surface area contributed by atoms with Crippen molar-refractivity contribution >= 4 is 24.0 Å². The van der Waals surface area contributed by atoms with Crippen LogP contribution in [0.5, 0.6) is 0 Å². The summed E-state index contributed by atoms with van der Waals surface area (Å²) in [5.74, 6) is -0.0501. The predicted molar refractivity (Wildman–Crippen MR) is 89.4 cm³/mol. The van der Waals surface area contributed by atoms with Crippen LogP contribution in [-0.4, -0.2) is 5.91 Å². The first kappa shape index (κ1) is 17.1. The molecule has 2 rings (SSSR count). The number of carbonyl (C=O) groups excluding carboxylic acids is 1. The lowest BCUT2D eigenvalue weighted by Crippen LogP contribution is -2.44. The fourth-order valence-electron chi connectivity index (χ4n) is 2.49. The summed E-state index contributed by atoms with van der Waals surface area (Å²) in [6, 6.07) is 17.8. The Hall–Kier alpha value is -2.00. The van der Waals surface area contributed by atoms with Crippen molar-refractivity contribution in [3.63, 3.8) is 0 Å². The van der Waals surface area contributed by atoms with Crippen LogP contribution in [0.15, 0.2) is 54.6 Å². The van der Waals surface area contributed by atoms with Crippen LogP contribution in [0.3, 0.4) is 0 Å². The third-order valence-corrected chi connectivity index (χ3v) is 3.38. The van der Waals surface area contributed by atoms with Gasteiger partial charge in [0.2, 0.25) is 5.91 Å². The zero-order valence-electron chi connectivity index (χ0n) is 12.3. The highest BCUT2D eigenvalue weighted by Crippen LogP contribution is 2.27. The van der Waals surface area contributed by atoms with Crippen LogP contribution in [-0.2, 0) is 16.8 Å². The van der Waals surface area contributed by atoms with Crippen LogP contribution in [0.25, 0.3) is 0 Å². The maximum atomic E-state index is 11.6. The van der Waals surface area contributed by atoms with Gasteiger partial charge in [-0.1, -0.05) is 42.5 Å². The summed E-state index contributed by atoms with van der Waals surface area (Å²) >= 11 is 0. The lowest BCUT2D eigenvalue weighted by atomic mass is 9.85. The minimum absolute atomic E-state index is 0. The van der Waals surface area contributed by atoms with E-state index in [1.165, 1.54) is 12.5 Å². The van der Waals surface area contributed by atoms with Gasteiger partial charge in [0.15, 0.2) is 0 Å². The second kappa shape index (κ2) is 7.14. The third kappa shape index (κ3) is 4.50. The first-order valence-corrected chi connectivity index (χ1v) is 6.68. The van der Waals surface area contributed by atoms with Gasteiger partial charge in [0.25, 0.3) is 0 Å². The van der Waals surface area contributed by atoms with Gasteiger partial charge in [0.1, 0.15) is 0 Å². The van der Waals surface area contributed by atoms with Gasteiger partial charge in [0, 0.05) is 12.6 Å². The van der Waals surface area contributed by atoms with Crippen molar-refractivity contribution in [1.82, 2.24) is 5.32 Å². The van der Waals surface area contributed by atoms with Gasteiger partial charge in [-0.25, -0.2) is 0 Å². The van der Waals surface area contributed by atoms with E-state index in [4.69, 9.17) is 5.73 Å². The number of amides is 1. The van der Waals surface area contributed by atoms with E-state index in [1.807, 2.05) is 49.4 Å². The zero-order chi connectivity index (χ0) is 14.6. The number of nitrogens with two attached hydrogens (primary N) is 1. The highest BCUT2D eigenvalue weighted by atomic mass is 35.5. The van der Waals surface area contributed by atoms with E-state index in [0.29, 0.717) is 5.69 Å². The van der Waals surface area contributed by atoms with E-state index >= 15 is 0 Å². The average molecular weight is 305 g/mol.